The smallest absolute Gasteiger partial charge is 0.158 e. The zero-order valence-electron chi connectivity index (χ0n) is 15.4. The molecule has 0 unspecified atom stereocenters. The summed E-state index contributed by atoms with van der Waals surface area (Å²) >= 11 is 0. The lowest BCUT2D eigenvalue weighted by atomic mass is 9.87. The first kappa shape index (κ1) is 17.2. The van der Waals surface area contributed by atoms with E-state index in [0.29, 0.717) is 0 Å². The van der Waals surface area contributed by atoms with Crippen LogP contribution in [0.4, 0.5) is 0 Å². The van der Waals surface area contributed by atoms with Gasteiger partial charge >= 0.3 is 0 Å². The Morgan fingerprint density at radius 2 is 1.14 bits per heavy atom. The third-order valence-corrected chi connectivity index (χ3v) is 5.54. The van der Waals surface area contributed by atoms with Gasteiger partial charge in [0.15, 0.2) is 23.0 Å². The van der Waals surface area contributed by atoms with Crippen molar-refractivity contribution in [1.82, 2.24) is 0 Å². The van der Waals surface area contributed by atoms with Gasteiger partial charge in [-0.15, -0.1) is 0 Å². The van der Waals surface area contributed by atoms with Gasteiger partial charge in [-0.25, -0.2) is 0 Å². The lowest BCUT2D eigenvalue weighted by Crippen LogP contribution is -1.93. The van der Waals surface area contributed by atoms with Crippen LogP contribution in [0.1, 0.15) is 11.1 Å². The summed E-state index contributed by atoms with van der Waals surface area (Å²) in [5.74, 6) is -0.722. The van der Waals surface area contributed by atoms with Crippen LogP contribution in [0.15, 0.2) is 72.8 Å². The molecule has 4 nitrogen and oxygen atoms in total. The van der Waals surface area contributed by atoms with Crippen LogP contribution < -0.4 is 0 Å². The quantitative estimate of drug-likeness (QED) is 0.308. The molecule has 1 aliphatic rings. The molecular weight excluding hydrogens is 364 g/mol. The van der Waals surface area contributed by atoms with E-state index in [2.05, 4.69) is 18.2 Å². The Morgan fingerprint density at radius 3 is 1.86 bits per heavy atom. The zero-order valence-corrected chi connectivity index (χ0v) is 15.4. The second kappa shape index (κ2) is 6.31. The number of benzene rings is 4. The summed E-state index contributed by atoms with van der Waals surface area (Å²) in [6, 6.07) is 21.9. The van der Waals surface area contributed by atoms with Crippen molar-refractivity contribution in [3.05, 3.63) is 83.9 Å². The van der Waals surface area contributed by atoms with Gasteiger partial charge in [0.25, 0.3) is 0 Å². The molecule has 0 bridgehead atoms. The molecule has 0 saturated carbocycles. The molecule has 1 aliphatic carbocycles. The van der Waals surface area contributed by atoms with Gasteiger partial charge < -0.3 is 20.4 Å². The molecule has 0 spiro atoms. The molecule has 0 saturated heterocycles. The van der Waals surface area contributed by atoms with Crippen molar-refractivity contribution in [3.63, 3.8) is 0 Å². The maximum atomic E-state index is 10.1. The second-order valence-corrected chi connectivity index (χ2v) is 7.26. The van der Waals surface area contributed by atoms with Gasteiger partial charge in [0.05, 0.1) is 0 Å². The molecule has 0 aromatic heterocycles. The van der Waals surface area contributed by atoms with Gasteiger partial charge in [-0.1, -0.05) is 48.5 Å². The summed E-state index contributed by atoms with van der Waals surface area (Å²) in [4.78, 5) is 0. The van der Waals surface area contributed by atoms with Crippen LogP contribution in [0.25, 0.3) is 33.4 Å². The molecule has 5 rings (SSSR count). The number of phenols is 4. The fraction of sp³-hybridized carbons (Fsp3) is 0.0400. The standard InChI is InChI=1S/C25H18O4/c26-21-9-5-15(12-23(21)28)18-7-8-19-17-4-2-1-3-14(17)11-20(19)25(18)16-6-10-22(27)24(29)13-16/h1-10,12-13,26-29H,11H2. The van der Waals surface area contributed by atoms with E-state index < -0.39 is 0 Å². The van der Waals surface area contributed by atoms with Gasteiger partial charge in [-0.3, -0.25) is 0 Å². The number of fused-ring (bicyclic) bond motifs is 3. The summed E-state index contributed by atoms with van der Waals surface area (Å²) < 4.78 is 0. The summed E-state index contributed by atoms with van der Waals surface area (Å²) in [6.07, 6.45) is 0.750. The predicted molar refractivity (Wildman–Crippen MR) is 112 cm³/mol. The maximum Gasteiger partial charge on any atom is 0.158 e. The Labute approximate surface area is 167 Å². The third-order valence-electron chi connectivity index (χ3n) is 5.54. The Morgan fingerprint density at radius 1 is 0.517 bits per heavy atom. The van der Waals surface area contributed by atoms with E-state index in [0.717, 1.165) is 39.8 Å². The molecule has 0 radical (unpaired) electrons. The van der Waals surface area contributed by atoms with Crippen LogP contribution in [0.3, 0.4) is 0 Å². The van der Waals surface area contributed by atoms with Crippen LogP contribution in [0.2, 0.25) is 0 Å². The summed E-state index contributed by atoms with van der Waals surface area (Å²) in [7, 11) is 0. The number of phenolic OH excluding ortho intramolecular Hbond substituents is 4. The first-order valence-corrected chi connectivity index (χ1v) is 9.32. The molecule has 0 amide bonds. The van der Waals surface area contributed by atoms with Gasteiger partial charge in [-0.05, 0) is 75.2 Å². The molecule has 4 aromatic rings. The van der Waals surface area contributed by atoms with E-state index in [9.17, 15) is 20.4 Å². The van der Waals surface area contributed by atoms with Gasteiger partial charge in [0, 0.05) is 0 Å². The fourth-order valence-corrected chi connectivity index (χ4v) is 4.15. The number of hydrogen-bond acceptors (Lipinski definition) is 4. The molecule has 142 valence electrons. The molecule has 4 heteroatoms. The van der Waals surface area contributed by atoms with Crippen molar-refractivity contribution in [2.75, 3.05) is 0 Å². The Hall–Kier alpha value is -3.92. The van der Waals surface area contributed by atoms with E-state index >= 15 is 0 Å². The predicted octanol–water partition coefficient (Wildman–Crippen LogP) is 5.41. The third kappa shape index (κ3) is 2.69. The Bertz CT molecular complexity index is 1270. The van der Waals surface area contributed by atoms with E-state index in [1.165, 1.54) is 29.3 Å². The monoisotopic (exact) mass is 382 g/mol. The summed E-state index contributed by atoms with van der Waals surface area (Å²) in [6.45, 7) is 0. The minimum absolute atomic E-state index is 0.173. The highest BCUT2D eigenvalue weighted by Crippen LogP contribution is 2.47. The highest BCUT2D eigenvalue weighted by Gasteiger charge is 2.24. The second-order valence-electron chi connectivity index (χ2n) is 7.26. The average Bonchev–Trinajstić information content (AvgIpc) is 3.10. The van der Waals surface area contributed by atoms with Crippen molar-refractivity contribution >= 4 is 0 Å². The number of rotatable bonds is 2. The Balaban J connectivity index is 1.81. The van der Waals surface area contributed by atoms with Crippen molar-refractivity contribution < 1.29 is 20.4 Å². The zero-order chi connectivity index (χ0) is 20.1. The molecule has 0 atom stereocenters. The number of hydrogen-bond donors (Lipinski definition) is 4. The van der Waals surface area contributed by atoms with Crippen LogP contribution in [0, 0.1) is 0 Å². The number of aromatic hydroxyl groups is 4. The van der Waals surface area contributed by atoms with Crippen molar-refractivity contribution in [1.29, 1.82) is 0 Å². The van der Waals surface area contributed by atoms with Crippen molar-refractivity contribution in [2.24, 2.45) is 0 Å². The summed E-state index contributed by atoms with van der Waals surface area (Å²) in [5, 5.41) is 39.6. The van der Waals surface area contributed by atoms with Crippen molar-refractivity contribution in [3.8, 4) is 56.4 Å². The Kier molecular flexibility index (Phi) is 3.74. The topological polar surface area (TPSA) is 80.9 Å². The summed E-state index contributed by atoms with van der Waals surface area (Å²) in [5.41, 5.74) is 8.01. The van der Waals surface area contributed by atoms with Crippen LogP contribution in [-0.2, 0) is 6.42 Å². The van der Waals surface area contributed by atoms with E-state index in [-0.39, 0.29) is 23.0 Å². The van der Waals surface area contributed by atoms with E-state index in [1.54, 1.807) is 18.2 Å². The van der Waals surface area contributed by atoms with Gasteiger partial charge in [0.2, 0.25) is 0 Å². The average molecular weight is 382 g/mol. The molecule has 4 aromatic carbocycles. The minimum Gasteiger partial charge on any atom is -0.504 e. The van der Waals surface area contributed by atoms with Gasteiger partial charge in [0.1, 0.15) is 0 Å². The highest BCUT2D eigenvalue weighted by atomic mass is 16.3. The largest absolute Gasteiger partial charge is 0.504 e. The molecule has 0 fully saturated rings. The molecule has 29 heavy (non-hydrogen) atoms. The van der Waals surface area contributed by atoms with Crippen LogP contribution in [0.5, 0.6) is 23.0 Å². The fourth-order valence-electron chi connectivity index (χ4n) is 4.15. The van der Waals surface area contributed by atoms with Crippen molar-refractivity contribution in [2.45, 2.75) is 6.42 Å². The molecule has 0 aliphatic heterocycles. The highest BCUT2D eigenvalue weighted by molar-refractivity contribution is 5.94. The lowest BCUT2D eigenvalue weighted by Gasteiger charge is -2.17. The first-order valence-electron chi connectivity index (χ1n) is 9.32. The normalized spacial score (nSPS) is 11.9. The molecule has 0 heterocycles. The maximum absolute atomic E-state index is 10.1. The minimum atomic E-state index is -0.189. The van der Waals surface area contributed by atoms with E-state index in [1.807, 2.05) is 18.2 Å². The SMILES string of the molecule is Oc1ccc(-c2ccc3c(c2-c2ccc(O)c(O)c2)Cc2ccccc2-3)cc1O. The van der Waals surface area contributed by atoms with E-state index in [4.69, 9.17) is 0 Å². The first-order chi connectivity index (χ1) is 14.0. The van der Waals surface area contributed by atoms with Crippen LogP contribution >= 0.6 is 0 Å². The van der Waals surface area contributed by atoms with Crippen LogP contribution in [-0.4, -0.2) is 20.4 Å². The molecule has 4 N–H and O–H groups in total. The van der Waals surface area contributed by atoms with Gasteiger partial charge in [-0.2, -0.15) is 0 Å². The molecular formula is C25H18O4. The lowest BCUT2D eigenvalue weighted by molar-refractivity contribution is 0.404.